The highest BCUT2D eigenvalue weighted by atomic mass is 16.6. The topological polar surface area (TPSA) is 135 Å². The summed E-state index contributed by atoms with van der Waals surface area (Å²) in [6.45, 7) is 2.26. The third-order valence-electron chi connectivity index (χ3n) is 4.50. The molecule has 4 heterocycles. The van der Waals surface area contributed by atoms with Crippen LogP contribution in [0.2, 0.25) is 0 Å². The lowest BCUT2D eigenvalue weighted by molar-refractivity contribution is -0.389. The highest BCUT2D eigenvalue weighted by Gasteiger charge is 2.22. The Morgan fingerprint density at radius 1 is 1.07 bits per heavy atom. The van der Waals surface area contributed by atoms with Gasteiger partial charge in [-0.15, -0.1) is 0 Å². The summed E-state index contributed by atoms with van der Waals surface area (Å²) < 4.78 is 1.53. The summed E-state index contributed by atoms with van der Waals surface area (Å²) in [6.07, 6.45) is 6.01. The van der Waals surface area contributed by atoms with E-state index in [1.807, 2.05) is 4.90 Å². The Labute approximate surface area is 165 Å². The second kappa shape index (κ2) is 7.88. The Morgan fingerprint density at radius 3 is 2.48 bits per heavy atom. The summed E-state index contributed by atoms with van der Waals surface area (Å²) >= 11 is 0. The maximum Gasteiger partial charge on any atom is 0.363 e. The van der Waals surface area contributed by atoms with Crippen LogP contribution >= 0.6 is 0 Å². The van der Waals surface area contributed by atoms with Gasteiger partial charge in [0.05, 0.1) is 17.6 Å². The normalized spacial score (nSPS) is 13.9. The van der Waals surface area contributed by atoms with E-state index in [-0.39, 0.29) is 11.8 Å². The molecule has 0 spiro atoms. The molecule has 0 radical (unpaired) electrons. The molecule has 12 heteroatoms. The highest BCUT2D eigenvalue weighted by Crippen LogP contribution is 2.18. The minimum atomic E-state index is -0.528. The molecule has 1 saturated heterocycles. The minimum absolute atomic E-state index is 0.185. The first-order valence-corrected chi connectivity index (χ1v) is 8.82. The average molecular weight is 395 g/mol. The quantitative estimate of drug-likeness (QED) is 0.516. The number of carbonyl (C=O) groups is 1. The van der Waals surface area contributed by atoms with E-state index in [9.17, 15) is 14.9 Å². The molecular formula is C17H17N9O3. The van der Waals surface area contributed by atoms with Crippen LogP contribution in [-0.2, 0) is 0 Å². The molecule has 148 valence electrons. The van der Waals surface area contributed by atoms with Crippen molar-refractivity contribution in [2.75, 3.05) is 36.4 Å². The van der Waals surface area contributed by atoms with E-state index < -0.39 is 4.92 Å². The van der Waals surface area contributed by atoms with Gasteiger partial charge in [-0.05, 0) is 28.1 Å². The summed E-state index contributed by atoms with van der Waals surface area (Å²) in [5.41, 5.74) is 1.38. The lowest BCUT2D eigenvalue weighted by Gasteiger charge is -2.35. The predicted octanol–water partition coefficient (Wildman–Crippen LogP) is 1.32. The van der Waals surface area contributed by atoms with Crippen LogP contribution in [0.4, 0.5) is 22.0 Å². The fraction of sp³-hybridized carbons (Fsp3) is 0.235. The number of rotatable bonds is 4. The van der Waals surface area contributed by atoms with E-state index in [1.165, 1.54) is 23.3 Å². The van der Waals surface area contributed by atoms with E-state index in [1.54, 1.807) is 35.6 Å². The molecule has 1 aliphatic heterocycles. The van der Waals surface area contributed by atoms with E-state index >= 15 is 0 Å². The van der Waals surface area contributed by atoms with Crippen LogP contribution in [0.5, 0.6) is 0 Å². The lowest BCUT2D eigenvalue weighted by atomic mass is 10.3. The van der Waals surface area contributed by atoms with Gasteiger partial charge in [0.25, 0.3) is 0 Å². The fourth-order valence-electron chi connectivity index (χ4n) is 2.97. The molecule has 3 aromatic rings. The van der Waals surface area contributed by atoms with Crippen LogP contribution in [-0.4, -0.2) is 66.8 Å². The van der Waals surface area contributed by atoms with Gasteiger partial charge in [-0.1, -0.05) is 0 Å². The Kier molecular flexibility index (Phi) is 4.97. The van der Waals surface area contributed by atoms with Crippen molar-refractivity contribution in [2.24, 2.45) is 0 Å². The van der Waals surface area contributed by atoms with Crippen LogP contribution in [0.3, 0.4) is 0 Å². The van der Waals surface area contributed by atoms with Crippen molar-refractivity contribution in [1.29, 1.82) is 0 Å². The van der Waals surface area contributed by atoms with Gasteiger partial charge in [-0.3, -0.25) is 0 Å². The zero-order valence-corrected chi connectivity index (χ0v) is 15.2. The lowest BCUT2D eigenvalue weighted by Crippen LogP contribution is -2.50. The van der Waals surface area contributed by atoms with Gasteiger partial charge in [-0.2, -0.15) is 5.10 Å². The molecule has 29 heavy (non-hydrogen) atoms. The van der Waals surface area contributed by atoms with Crippen molar-refractivity contribution < 1.29 is 9.72 Å². The van der Waals surface area contributed by atoms with E-state index in [2.05, 4.69) is 25.4 Å². The number of amides is 2. The zero-order valence-electron chi connectivity index (χ0n) is 15.2. The van der Waals surface area contributed by atoms with Gasteiger partial charge in [0, 0.05) is 32.2 Å². The molecule has 0 bridgehead atoms. The number of nitrogens with one attached hydrogen (secondary N) is 1. The molecule has 1 fully saturated rings. The molecule has 2 amide bonds. The Hall–Kier alpha value is -4.09. The number of hydrogen-bond donors (Lipinski definition) is 1. The number of piperazine rings is 1. The molecule has 1 aliphatic rings. The van der Waals surface area contributed by atoms with E-state index in [0.717, 1.165) is 5.69 Å². The van der Waals surface area contributed by atoms with Crippen molar-refractivity contribution in [2.45, 2.75) is 0 Å². The molecule has 1 N–H and O–H groups in total. The summed E-state index contributed by atoms with van der Waals surface area (Å²) in [4.78, 5) is 38.4. The first kappa shape index (κ1) is 18.3. The highest BCUT2D eigenvalue weighted by molar-refractivity contribution is 5.89. The standard InChI is InChI=1S/C17H17N9O3/c27-17(22-13-1-3-15(19-9-13)25-12-18-11-21-25)24-7-5-23(6-8-24)14-2-4-16(20-10-14)26(28)29/h1-4,9-12H,5-8H2,(H,22,27). The second-order valence-electron chi connectivity index (χ2n) is 6.28. The Morgan fingerprint density at radius 2 is 1.90 bits per heavy atom. The summed E-state index contributed by atoms with van der Waals surface area (Å²) in [7, 11) is 0. The Balaban J connectivity index is 1.31. The number of urea groups is 1. The van der Waals surface area contributed by atoms with Crippen molar-refractivity contribution in [3.8, 4) is 5.82 Å². The molecule has 12 nitrogen and oxygen atoms in total. The monoisotopic (exact) mass is 395 g/mol. The summed E-state index contributed by atoms with van der Waals surface area (Å²) in [6, 6.07) is 6.33. The van der Waals surface area contributed by atoms with Crippen molar-refractivity contribution in [3.05, 3.63) is 59.4 Å². The van der Waals surface area contributed by atoms with Gasteiger partial charge < -0.3 is 25.2 Å². The van der Waals surface area contributed by atoms with Gasteiger partial charge in [-0.25, -0.2) is 19.4 Å². The van der Waals surface area contributed by atoms with Gasteiger partial charge in [0.2, 0.25) is 0 Å². The maximum atomic E-state index is 12.5. The number of nitrogens with zero attached hydrogens (tertiary/aromatic N) is 8. The molecule has 4 rings (SSSR count). The molecule has 0 aliphatic carbocycles. The third kappa shape index (κ3) is 4.10. The van der Waals surface area contributed by atoms with Crippen LogP contribution in [0, 0.1) is 10.1 Å². The number of carbonyl (C=O) groups excluding carboxylic acids is 1. The SMILES string of the molecule is O=C(Nc1ccc(-n2cncn2)nc1)N1CCN(c2ccc([N+](=O)[O-])nc2)CC1. The van der Waals surface area contributed by atoms with Crippen molar-refractivity contribution in [1.82, 2.24) is 29.6 Å². The molecule has 0 aromatic carbocycles. The molecule has 0 saturated carbocycles. The summed E-state index contributed by atoms with van der Waals surface area (Å²) in [5, 5.41) is 17.5. The van der Waals surface area contributed by atoms with Gasteiger partial charge in [0.15, 0.2) is 12.0 Å². The molecule has 3 aromatic heterocycles. The number of anilines is 2. The number of nitro groups is 1. The third-order valence-corrected chi connectivity index (χ3v) is 4.50. The maximum absolute atomic E-state index is 12.5. The van der Waals surface area contributed by atoms with Crippen LogP contribution in [0.15, 0.2) is 49.3 Å². The van der Waals surface area contributed by atoms with E-state index in [0.29, 0.717) is 37.7 Å². The van der Waals surface area contributed by atoms with Gasteiger partial charge >= 0.3 is 11.8 Å². The van der Waals surface area contributed by atoms with Crippen molar-refractivity contribution >= 4 is 23.2 Å². The average Bonchev–Trinajstić information content (AvgIpc) is 3.29. The van der Waals surface area contributed by atoms with Crippen LogP contribution < -0.4 is 10.2 Å². The Bertz CT molecular complexity index is 982. The first-order chi connectivity index (χ1) is 14.1. The van der Waals surface area contributed by atoms with Crippen LogP contribution in [0.1, 0.15) is 0 Å². The largest absolute Gasteiger partial charge is 0.365 e. The first-order valence-electron chi connectivity index (χ1n) is 8.82. The minimum Gasteiger partial charge on any atom is -0.365 e. The molecule has 0 unspecified atom stereocenters. The van der Waals surface area contributed by atoms with E-state index in [4.69, 9.17) is 0 Å². The number of aromatic nitrogens is 5. The van der Waals surface area contributed by atoms with Crippen LogP contribution in [0.25, 0.3) is 5.82 Å². The van der Waals surface area contributed by atoms with Crippen molar-refractivity contribution in [3.63, 3.8) is 0 Å². The molecular weight excluding hydrogens is 378 g/mol. The number of pyridine rings is 2. The van der Waals surface area contributed by atoms with Gasteiger partial charge in [0.1, 0.15) is 12.7 Å². The fourth-order valence-corrected chi connectivity index (χ4v) is 2.97. The molecule has 0 atom stereocenters. The zero-order chi connectivity index (χ0) is 20.2. The number of hydrogen-bond acceptors (Lipinski definition) is 8. The summed E-state index contributed by atoms with van der Waals surface area (Å²) in [5.74, 6) is 0.418. The second-order valence-corrected chi connectivity index (χ2v) is 6.28. The smallest absolute Gasteiger partial charge is 0.363 e. The predicted molar refractivity (Wildman–Crippen MR) is 103 cm³/mol.